The minimum absolute atomic E-state index is 0.213. The van der Waals surface area contributed by atoms with E-state index < -0.39 is 0 Å². The molecule has 0 fully saturated rings. The number of phenolic OH excluding ortho intramolecular Hbond substituents is 1. The third-order valence-corrected chi connectivity index (χ3v) is 2.27. The zero-order valence-corrected chi connectivity index (χ0v) is 8.95. The molecule has 2 aromatic rings. The molecule has 1 heterocycles. The molecule has 0 aliphatic rings. The summed E-state index contributed by atoms with van der Waals surface area (Å²) in [5.74, 6) is 0.305. The predicted octanol–water partition coefficient (Wildman–Crippen LogP) is 2.80. The lowest BCUT2D eigenvalue weighted by molar-refractivity contribution is 0.0639. The van der Waals surface area contributed by atoms with Crippen LogP contribution in [0.4, 0.5) is 0 Å². The highest BCUT2D eigenvalue weighted by Gasteiger charge is 2.04. The number of H-pyrrole nitrogens is 1. The minimum atomic E-state index is 0.213. The quantitative estimate of drug-likeness (QED) is 0.809. The van der Waals surface area contributed by atoms with E-state index >= 15 is 0 Å². The van der Waals surface area contributed by atoms with Crippen LogP contribution < -0.4 is 0 Å². The van der Waals surface area contributed by atoms with Crippen molar-refractivity contribution in [2.45, 2.75) is 26.6 Å². The van der Waals surface area contributed by atoms with Gasteiger partial charge in [0.15, 0.2) is 0 Å². The van der Waals surface area contributed by atoms with Gasteiger partial charge in [-0.1, -0.05) is 6.07 Å². The van der Waals surface area contributed by atoms with Crippen LogP contribution in [0.3, 0.4) is 0 Å². The smallest absolute Gasteiger partial charge is 0.124 e. The molecule has 0 saturated carbocycles. The number of nitrogens with one attached hydrogen (secondary N) is 1. The molecule has 2 N–H and O–H groups in total. The molecule has 0 unspecified atom stereocenters. The highest BCUT2D eigenvalue weighted by atomic mass is 16.5. The van der Waals surface area contributed by atoms with Crippen molar-refractivity contribution in [3.8, 4) is 5.75 Å². The number of aromatic nitrogens is 1. The van der Waals surface area contributed by atoms with E-state index in [0.29, 0.717) is 12.4 Å². The van der Waals surface area contributed by atoms with Crippen LogP contribution in [0.15, 0.2) is 24.3 Å². The number of benzene rings is 1. The van der Waals surface area contributed by atoms with Crippen LogP contribution in [-0.2, 0) is 11.3 Å². The molecule has 0 aliphatic heterocycles. The monoisotopic (exact) mass is 205 g/mol. The Bertz CT molecular complexity index is 460. The molecule has 0 spiro atoms. The molecule has 0 bridgehead atoms. The lowest BCUT2D eigenvalue weighted by atomic mass is 10.2. The Labute approximate surface area is 88.7 Å². The van der Waals surface area contributed by atoms with Crippen molar-refractivity contribution in [3.05, 3.63) is 30.0 Å². The van der Waals surface area contributed by atoms with Gasteiger partial charge >= 0.3 is 0 Å². The van der Waals surface area contributed by atoms with Crippen molar-refractivity contribution in [1.29, 1.82) is 0 Å². The number of hydrogen-bond donors (Lipinski definition) is 2. The fourth-order valence-corrected chi connectivity index (χ4v) is 1.53. The van der Waals surface area contributed by atoms with E-state index in [4.69, 9.17) is 4.74 Å². The molecule has 0 aliphatic carbocycles. The maximum atomic E-state index is 9.60. The molecule has 0 saturated heterocycles. The number of hydrogen-bond acceptors (Lipinski definition) is 2. The predicted molar refractivity (Wildman–Crippen MR) is 59.9 cm³/mol. The summed E-state index contributed by atoms with van der Waals surface area (Å²) in [4.78, 5) is 3.21. The Morgan fingerprint density at radius 1 is 1.40 bits per heavy atom. The lowest BCUT2D eigenvalue weighted by Gasteiger charge is -2.04. The molecule has 0 amide bonds. The largest absolute Gasteiger partial charge is 0.507 e. The average molecular weight is 205 g/mol. The molecule has 2 rings (SSSR count). The number of phenols is 1. The van der Waals surface area contributed by atoms with Gasteiger partial charge in [-0.2, -0.15) is 0 Å². The normalized spacial score (nSPS) is 11.4. The summed E-state index contributed by atoms with van der Waals surface area (Å²) in [6.45, 7) is 4.55. The summed E-state index contributed by atoms with van der Waals surface area (Å²) >= 11 is 0. The van der Waals surface area contributed by atoms with Gasteiger partial charge in [0.1, 0.15) is 5.75 Å². The topological polar surface area (TPSA) is 45.2 Å². The van der Waals surface area contributed by atoms with Crippen molar-refractivity contribution in [1.82, 2.24) is 4.98 Å². The Hall–Kier alpha value is -1.48. The molecule has 80 valence electrons. The van der Waals surface area contributed by atoms with E-state index in [1.165, 1.54) is 0 Å². The Morgan fingerprint density at radius 2 is 2.20 bits per heavy atom. The van der Waals surface area contributed by atoms with Gasteiger partial charge in [-0.15, -0.1) is 0 Å². The van der Waals surface area contributed by atoms with Crippen LogP contribution in [0.2, 0.25) is 0 Å². The molecule has 3 heteroatoms. The number of fused-ring (bicyclic) bond motifs is 1. The second-order valence-corrected chi connectivity index (χ2v) is 3.89. The summed E-state index contributed by atoms with van der Waals surface area (Å²) in [5, 5.41) is 10.4. The van der Waals surface area contributed by atoms with Crippen molar-refractivity contribution in [3.63, 3.8) is 0 Å². The van der Waals surface area contributed by atoms with E-state index in [2.05, 4.69) is 4.98 Å². The number of ether oxygens (including phenoxy) is 1. The maximum absolute atomic E-state index is 9.60. The van der Waals surface area contributed by atoms with Gasteiger partial charge in [-0.25, -0.2) is 0 Å². The van der Waals surface area contributed by atoms with E-state index in [9.17, 15) is 5.11 Å². The Morgan fingerprint density at radius 3 is 2.87 bits per heavy atom. The van der Waals surface area contributed by atoms with Gasteiger partial charge in [0.05, 0.1) is 12.7 Å². The molecular weight excluding hydrogens is 190 g/mol. The molecule has 15 heavy (non-hydrogen) atoms. The summed E-state index contributed by atoms with van der Waals surface area (Å²) in [6.07, 6.45) is 0.213. The number of aromatic hydroxyl groups is 1. The first-order valence-electron chi connectivity index (χ1n) is 5.08. The first-order chi connectivity index (χ1) is 7.16. The van der Waals surface area contributed by atoms with E-state index in [1.807, 2.05) is 32.0 Å². The lowest BCUT2D eigenvalue weighted by Crippen LogP contribution is -2.02. The fraction of sp³-hybridized carbons (Fsp3) is 0.333. The maximum Gasteiger partial charge on any atom is 0.124 e. The molecule has 0 radical (unpaired) electrons. The number of aromatic amines is 1. The summed E-state index contributed by atoms with van der Waals surface area (Å²) in [6, 6.07) is 7.37. The van der Waals surface area contributed by atoms with Crippen LogP contribution in [0, 0.1) is 0 Å². The highest BCUT2D eigenvalue weighted by molar-refractivity contribution is 5.86. The van der Waals surface area contributed by atoms with Gasteiger partial charge < -0.3 is 14.8 Å². The fourth-order valence-electron chi connectivity index (χ4n) is 1.53. The van der Waals surface area contributed by atoms with Crippen molar-refractivity contribution >= 4 is 10.9 Å². The molecule has 0 atom stereocenters. The van der Waals surface area contributed by atoms with Crippen molar-refractivity contribution < 1.29 is 9.84 Å². The summed E-state index contributed by atoms with van der Waals surface area (Å²) in [5.41, 5.74) is 1.93. The third-order valence-electron chi connectivity index (χ3n) is 2.27. The molecular formula is C12H15NO2. The van der Waals surface area contributed by atoms with Crippen molar-refractivity contribution in [2.75, 3.05) is 0 Å². The van der Waals surface area contributed by atoms with Gasteiger partial charge in [-0.05, 0) is 32.0 Å². The minimum Gasteiger partial charge on any atom is -0.507 e. The zero-order chi connectivity index (χ0) is 10.8. The molecule has 1 aromatic carbocycles. The van der Waals surface area contributed by atoms with Crippen LogP contribution in [0.5, 0.6) is 5.75 Å². The van der Waals surface area contributed by atoms with E-state index in [0.717, 1.165) is 16.6 Å². The third kappa shape index (κ3) is 2.13. The zero-order valence-electron chi connectivity index (χ0n) is 8.95. The van der Waals surface area contributed by atoms with Crippen LogP contribution >= 0.6 is 0 Å². The molecule has 3 nitrogen and oxygen atoms in total. The standard InChI is InChI=1S/C12H15NO2/c1-8(2)15-7-9-6-10-11(13-9)4-3-5-12(10)14/h3-6,8,13-14H,7H2,1-2H3. The Kier molecular flexibility index (Phi) is 2.64. The highest BCUT2D eigenvalue weighted by Crippen LogP contribution is 2.25. The number of rotatable bonds is 3. The SMILES string of the molecule is CC(C)OCc1cc2c(O)cccc2[nH]1. The van der Waals surface area contributed by atoms with Crippen LogP contribution in [0.25, 0.3) is 10.9 Å². The van der Waals surface area contributed by atoms with E-state index in [-0.39, 0.29) is 6.10 Å². The first-order valence-corrected chi connectivity index (χ1v) is 5.08. The van der Waals surface area contributed by atoms with E-state index in [1.54, 1.807) is 6.07 Å². The second-order valence-electron chi connectivity index (χ2n) is 3.89. The van der Waals surface area contributed by atoms with Gasteiger partial charge in [0.25, 0.3) is 0 Å². The first kappa shape index (κ1) is 10.1. The summed E-state index contributed by atoms with van der Waals surface area (Å²) in [7, 11) is 0. The van der Waals surface area contributed by atoms with Crippen LogP contribution in [0.1, 0.15) is 19.5 Å². The average Bonchev–Trinajstić information content (AvgIpc) is 2.59. The summed E-state index contributed by atoms with van der Waals surface area (Å²) < 4.78 is 5.48. The van der Waals surface area contributed by atoms with Crippen LogP contribution in [-0.4, -0.2) is 16.2 Å². The van der Waals surface area contributed by atoms with Gasteiger partial charge in [0.2, 0.25) is 0 Å². The second kappa shape index (κ2) is 3.95. The van der Waals surface area contributed by atoms with Gasteiger partial charge in [0, 0.05) is 16.6 Å². The Balaban J connectivity index is 2.27. The molecule has 1 aromatic heterocycles. The van der Waals surface area contributed by atoms with Crippen molar-refractivity contribution in [2.24, 2.45) is 0 Å². The van der Waals surface area contributed by atoms with Gasteiger partial charge in [-0.3, -0.25) is 0 Å².